The van der Waals surface area contributed by atoms with Gasteiger partial charge in [0.25, 0.3) is 18.2 Å². The fourth-order valence-corrected chi connectivity index (χ4v) is 10.7. The lowest BCUT2D eigenvalue weighted by Crippen LogP contribution is -2.60. The van der Waals surface area contributed by atoms with Crippen molar-refractivity contribution in [3.63, 3.8) is 0 Å². The summed E-state index contributed by atoms with van der Waals surface area (Å²) in [6.07, 6.45) is 4.20. The minimum atomic E-state index is -2.99. The Morgan fingerprint density at radius 3 is 2.55 bits per heavy atom. The van der Waals surface area contributed by atoms with E-state index in [1.807, 2.05) is 29.2 Å². The summed E-state index contributed by atoms with van der Waals surface area (Å²) in [5, 5.41) is 9.12. The number of nitrogens with one attached hydrogen (secondary N) is 2. The highest BCUT2D eigenvalue weighted by molar-refractivity contribution is 6.46. The minimum Gasteiger partial charge on any atom is -0.374 e. The first-order chi connectivity index (χ1) is 31.9. The van der Waals surface area contributed by atoms with Crippen molar-refractivity contribution in [2.75, 3.05) is 50.8 Å². The third kappa shape index (κ3) is 7.44. The number of halogens is 2. The van der Waals surface area contributed by atoms with Gasteiger partial charge in [-0.1, -0.05) is 18.2 Å². The number of imide groups is 1. The number of rotatable bonds is 10. The number of carbonyl (C=O) groups is 4. The lowest BCUT2D eigenvalue weighted by atomic mass is 9.72. The van der Waals surface area contributed by atoms with Crippen molar-refractivity contribution in [3.05, 3.63) is 93.7 Å². The lowest BCUT2D eigenvalue weighted by Gasteiger charge is -2.54. The highest BCUT2D eigenvalue weighted by atomic mass is 19.3. The molecule has 5 aromatic rings. The molecule has 6 aliphatic rings. The number of hydrogen-bond donors (Lipinski definition) is 2. The topological polar surface area (TPSA) is 193 Å². The van der Waals surface area contributed by atoms with Gasteiger partial charge in [-0.3, -0.25) is 33.6 Å². The number of piperidine rings is 2. The van der Waals surface area contributed by atoms with E-state index in [-0.39, 0.29) is 58.5 Å². The molecule has 1 spiro atoms. The molecule has 0 saturated carbocycles. The molecule has 2 unspecified atom stereocenters. The Morgan fingerprint density at radius 2 is 1.82 bits per heavy atom. The number of alkyl halides is 2. The first kappa shape index (κ1) is 42.0. The number of aliphatic imine (C=N–C) groups is 2. The molecule has 2 bridgehead atoms. The van der Waals surface area contributed by atoms with E-state index in [9.17, 15) is 32.8 Å². The van der Waals surface area contributed by atoms with Gasteiger partial charge in [0.15, 0.2) is 17.6 Å². The van der Waals surface area contributed by atoms with E-state index < -0.39 is 36.2 Å². The van der Waals surface area contributed by atoms with Crippen LogP contribution in [-0.2, 0) is 27.8 Å². The molecule has 4 atom stereocenters. The van der Waals surface area contributed by atoms with Gasteiger partial charge in [0.2, 0.25) is 11.8 Å². The van der Waals surface area contributed by atoms with Gasteiger partial charge in [-0.15, -0.1) is 0 Å². The van der Waals surface area contributed by atoms with E-state index in [1.165, 1.54) is 15.3 Å². The van der Waals surface area contributed by atoms with Crippen LogP contribution < -0.4 is 21.2 Å². The summed E-state index contributed by atoms with van der Waals surface area (Å²) < 4.78 is 38.8. The highest BCUT2D eigenvalue weighted by Crippen LogP contribution is 2.41. The SMILES string of the molecule is Cn1c(=O)n(C2CCC(=O)NC2=O)c2ccc(CCCN3CC4(CCN(C(=O)c5ccc(C6N=C(NC(=O)c7cnn8ccc(N9C[C@H]%10C[C@@H]9CO%10)nc78)C(C(F)F)=N6)cc5)CC4)C3)cc21. The molecule has 6 aliphatic heterocycles. The van der Waals surface area contributed by atoms with Crippen molar-refractivity contribution in [1.29, 1.82) is 0 Å². The average molecular weight is 903 g/mol. The Balaban J connectivity index is 0.665. The number of morpholine rings is 1. The van der Waals surface area contributed by atoms with Gasteiger partial charge in [0.05, 0.1) is 36.0 Å². The maximum Gasteiger partial charge on any atom is 0.329 e. The molecule has 2 N–H and O–H groups in total. The highest BCUT2D eigenvalue weighted by Gasteiger charge is 2.45. The van der Waals surface area contributed by atoms with Crippen LogP contribution in [0.1, 0.15) is 82.6 Å². The van der Waals surface area contributed by atoms with E-state index in [1.54, 1.807) is 42.1 Å². The van der Waals surface area contributed by atoms with Gasteiger partial charge < -0.3 is 24.8 Å². The number of ether oxygens (including phenoxy) is 1. The van der Waals surface area contributed by atoms with Crippen molar-refractivity contribution in [2.24, 2.45) is 22.4 Å². The third-order valence-corrected chi connectivity index (χ3v) is 14.3. The Morgan fingerprint density at radius 1 is 1.02 bits per heavy atom. The van der Waals surface area contributed by atoms with Crippen LogP contribution >= 0.6 is 0 Å². The average Bonchev–Trinajstić information content (AvgIpc) is 4.16. The number of benzene rings is 2. The summed E-state index contributed by atoms with van der Waals surface area (Å²) in [5.41, 5.74) is 3.20. The molecule has 2 aromatic carbocycles. The zero-order valence-corrected chi connectivity index (χ0v) is 36.2. The van der Waals surface area contributed by atoms with E-state index in [4.69, 9.17) is 9.72 Å². The van der Waals surface area contributed by atoms with Crippen molar-refractivity contribution in [2.45, 2.75) is 75.7 Å². The first-order valence-corrected chi connectivity index (χ1v) is 22.5. The van der Waals surface area contributed by atoms with Crippen LogP contribution in [0.25, 0.3) is 16.7 Å². The number of hydrogen-bond acceptors (Lipinski definition) is 12. The Hall–Kier alpha value is -6.67. The quantitative estimate of drug-likeness (QED) is 0.197. The van der Waals surface area contributed by atoms with Gasteiger partial charge in [0.1, 0.15) is 23.1 Å². The maximum absolute atomic E-state index is 14.3. The molecular weight excluding hydrogens is 855 g/mol. The van der Waals surface area contributed by atoms with Crippen LogP contribution in [0.3, 0.4) is 0 Å². The Kier molecular flexibility index (Phi) is 10.4. The standard InChI is InChI=1S/C46H48F2N12O6/c1-55-34-19-26(4-9-32(34)60(45(55)65)33-10-11-36(61)51-43(33)63)3-2-15-56-24-46(25-56)13-17-57(18-14-46)44(64)28-7-5-27(6-8-28)39-52-37(38(47)48)40(53-39)54-42(62)31-21-49-59-16-12-35(50-41(31)59)58-22-30-20-29(58)23-66-30/h4-9,12,16,19,21,29-30,33,38-39H,2-3,10-11,13-15,17-18,20,22-25H2,1H3,(H,51,61,63)(H,53,54,62)/t29-,30-,33?,39?/m1/s1. The van der Waals surface area contributed by atoms with Crippen LogP contribution in [0.2, 0.25) is 0 Å². The number of amidine groups is 1. The number of aromatic nitrogens is 5. The molecule has 11 rings (SSSR count). The molecule has 4 amide bonds. The van der Waals surface area contributed by atoms with Crippen LogP contribution in [0, 0.1) is 5.41 Å². The number of amides is 4. The van der Waals surface area contributed by atoms with E-state index >= 15 is 0 Å². The van der Waals surface area contributed by atoms with Gasteiger partial charge in [-0.2, -0.15) is 5.10 Å². The van der Waals surface area contributed by atoms with Crippen LogP contribution in [0.5, 0.6) is 0 Å². The third-order valence-electron chi connectivity index (χ3n) is 14.3. The minimum absolute atomic E-state index is 0.0927. The lowest BCUT2D eigenvalue weighted by molar-refractivity contribution is -0.135. The van der Waals surface area contributed by atoms with Crippen molar-refractivity contribution < 1.29 is 32.7 Å². The predicted molar refractivity (Wildman–Crippen MR) is 237 cm³/mol. The molecule has 0 radical (unpaired) electrons. The van der Waals surface area contributed by atoms with Crippen LogP contribution in [-0.4, -0.2) is 133 Å². The van der Waals surface area contributed by atoms with E-state index in [0.29, 0.717) is 55.1 Å². The van der Waals surface area contributed by atoms with Gasteiger partial charge in [0, 0.05) is 58.0 Å². The Bertz CT molecular complexity index is 2930. The second kappa shape index (κ2) is 16.3. The molecule has 5 saturated heterocycles. The number of likely N-dealkylation sites (tertiary alicyclic amines) is 2. The fourth-order valence-electron chi connectivity index (χ4n) is 10.7. The number of nitrogens with zero attached hydrogens (tertiary/aromatic N) is 10. The summed E-state index contributed by atoms with van der Waals surface area (Å²) in [6, 6.07) is 13.9. The zero-order chi connectivity index (χ0) is 45.4. The van der Waals surface area contributed by atoms with E-state index in [0.717, 1.165) is 62.8 Å². The van der Waals surface area contributed by atoms with E-state index in [2.05, 4.69) is 35.5 Å². The van der Waals surface area contributed by atoms with Gasteiger partial charge in [-0.25, -0.2) is 33.1 Å². The van der Waals surface area contributed by atoms with Gasteiger partial charge in [-0.05, 0) is 91.9 Å². The van der Waals surface area contributed by atoms with Crippen LogP contribution in [0.15, 0.2) is 75.7 Å². The second-order valence-corrected chi connectivity index (χ2v) is 18.5. The summed E-state index contributed by atoms with van der Waals surface area (Å²) in [7, 11) is 1.70. The predicted octanol–water partition coefficient (Wildman–Crippen LogP) is 3.06. The molecule has 342 valence electrons. The molecule has 66 heavy (non-hydrogen) atoms. The molecule has 20 heteroatoms. The van der Waals surface area contributed by atoms with Crippen molar-refractivity contribution in [1.82, 2.24) is 44.2 Å². The second-order valence-electron chi connectivity index (χ2n) is 18.5. The number of anilines is 1. The number of carbonyl (C=O) groups excluding carboxylic acids is 4. The summed E-state index contributed by atoms with van der Waals surface area (Å²) >= 11 is 0. The van der Waals surface area contributed by atoms with Crippen LogP contribution in [0.4, 0.5) is 14.6 Å². The first-order valence-electron chi connectivity index (χ1n) is 22.5. The Labute approximate surface area is 376 Å². The molecule has 3 aromatic heterocycles. The summed E-state index contributed by atoms with van der Waals surface area (Å²) in [6.45, 7) is 5.49. The summed E-state index contributed by atoms with van der Waals surface area (Å²) in [5.74, 6) is -1.18. The zero-order valence-electron chi connectivity index (χ0n) is 36.2. The maximum atomic E-state index is 14.3. The van der Waals surface area contributed by atoms with Crippen molar-refractivity contribution in [3.8, 4) is 0 Å². The largest absolute Gasteiger partial charge is 0.374 e. The molecule has 18 nitrogen and oxygen atoms in total. The molecular formula is C46H48F2N12O6. The van der Waals surface area contributed by atoms with Crippen molar-refractivity contribution >= 4 is 57.7 Å². The molecule has 9 heterocycles. The number of imidazole rings is 1. The number of aryl methyl sites for hydroxylation is 2. The normalized spacial score (nSPS) is 23.8. The monoisotopic (exact) mass is 902 g/mol. The molecule has 5 fully saturated rings. The molecule has 0 aliphatic carbocycles. The summed E-state index contributed by atoms with van der Waals surface area (Å²) in [4.78, 5) is 84.2. The fraction of sp³-hybridized carbons (Fsp3) is 0.457. The van der Waals surface area contributed by atoms with Gasteiger partial charge >= 0.3 is 5.69 Å². The smallest absolute Gasteiger partial charge is 0.329 e. The number of fused-ring (bicyclic) bond motifs is 4.